The lowest BCUT2D eigenvalue weighted by Gasteiger charge is -2.37. The molecule has 3 aromatic rings. The van der Waals surface area contributed by atoms with Crippen molar-refractivity contribution in [2.24, 2.45) is 0 Å². The van der Waals surface area contributed by atoms with Crippen LogP contribution in [0.1, 0.15) is 36.6 Å². The van der Waals surface area contributed by atoms with Crippen LogP contribution in [0.3, 0.4) is 0 Å². The minimum atomic E-state index is -0.446. The Morgan fingerprint density at radius 1 is 0.943 bits per heavy atom. The van der Waals surface area contributed by atoms with Gasteiger partial charge in [-0.05, 0) is 18.9 Å². The highest BCUT2D eigenvalue weighted by molar-refractivity contribution is 5.61. The summed E-state index contributed by atoms with van der Waals surface area (Å²) in [5.41, 5.74) is 4.51. The fourth-order valence-electron chi connectivity index (χ4n) is 4.52. The zero-order valence-corrected chi connectivity index (χ0v) is 21.1. The largest absolute Gasteiger partial charge is 0.389 e. The monoisotopic (exact) mass is 474 g/mol. The molecule has 1 aliphatic rings. The van der Waals surface area contributed by atoms with E-state index in [4.69, 9.17) is 14.7 Å². The summed E-state index contributed by atoms with van der Waals surface area (Å²) in [4.78, 5) is 14.7. The number of rotatable bonds is 11. The Kier molecular flexibility index (Phi) is 9.23. The molecule has 0 bridgehead atoms. The Morgan fingerprint density at radius 3 is 2.31 bits per heavy atom. The Labute approximate surface area is 209 Å². The molecular formula is C29H38N4O2. The molecule has 1 aliphatic heterocycles. The lowest BCUT2D eigenvalue weighted by molar-refractivity contribution is 0.0150. The van der Waals surface area contributed by atoms with Gasteiger partial charge in [0, 0.05) is 62.6 Å². The van der Waals surface area contributed by atoms with Gasteiger partial charge in [0.05, 0.1) is 12.7 Å². The summed E-state index contributed by atoms with van der Waals surface area (Å²) in [5.74, 6) is 1.81. The van der Waals surface area contributed by atoms with Gasteiger partial charge in [-0.15, -0.1) is 0 Å². The zero-order chi connectivity index (χ0) is 24.5. The van der Waals surface area contributed by atoms with Gasteiger partial charge in [0.2, 0.25) is 0 Å². The summed E-state index contributed by atoms with van der Waals surface area (Å²) >= 11 is 0. The number of hydrogen-bond donors (Lipinski definition) is 1. The van der Waals surface area contributed by atoms with E-state index >= 15 is 0 Å². The molecule has 1 N–H and O–H groups in total. The molecular weight excluding hydrogens is 436 g/mol. The molecule has 0 saturated carbocycles. The van der Waals surface area contributed by atoms with Crippen molar-refractivity contribution in [2.75, 3.05) is 50.8 Å². The molecule has 4 rings (SSSR count). The molecule has 2 heterocycles. The van der Waals surface area contributed by atoms with Crippen molar-refractivity contribution < 1.29 is 9.84 Å². The molecule has 0 spiro atoms. The molecule has 0 unspecified atom stereocenters. The maximum Gasteiger partial charge on any atom is 0.161 e. The van der Waals surface area contributed by atoms with Crippen LogP contribution in [-0.4, -0.2) is 72.0 Å². The van der Waals surface area contributed by atoms with E-state index in [1.807, 2.05) is 18.2 Å². The van der Waals surface area contributed by atoms with E-state index < -0.39 is 6.10 Å². The van der Waals surface area contributed by atoms with Gasteiger partial charge in [0.25, 0.3) is 0 Å². The SMILES string of the molecule is CCCCOC[C@H](O)CN1CCN(c2nc(-c3ccccc3)nc(C)c2Cc2ccccc2)CC1. The van der Waals surface area contributed by atoms with E-state index in [0.717, 1.165) is 74.9 Å². The van der Waals surface area contributed by atoms with E-state index in [0.29, 0.717) is 13.2 Å². The number of aliphatic hydroxyl groups excluding tert-OH is 1. The number of β-amino-alcohol motifs (C(OH)–C–C–N with tert-alkyl or cyclic N) is 1. The van der Waals surface area contributed by atoms with Gasteiger partial charge >= 0.3 is 0 Å². The van der Waals surface area contributed by atoms with Crippen LogP contribution < -0.4 is 4.90 Å². The third kappa shape index (κ3) is 7.10. The first-order valence-corrected chi connectivity index (χ1v) is 12.8. The molecule has 1 atom stereocenters. The number of aliphatic hydroxyl groups is 1. The predicted octanol–water partition coefficient (Wildman–Crippen LogP) is 4.34. The maximum absolute atomic E-state index is 10.4. The van der Waals surface area contributed by atoms with Crippen LogP contribution in [0.2, 0.25) is 0 Å². The lowest BCUT2D eigenvalue weighted by atomic mass is 10.0. The smallest absolute Gasteiger partial charge is 0.161 e. The first-order valence-electron chi connectivity index (χ1n) is 12.8. The average molecular weight is 475 g/mol. The number of anilines is 1. The molecule has 0 amide bonds. The molecule has 35 heavy (non-hydrogen) atoms. The number of piperazine rings is 1. The average Bonchev–Trinajstić information content (AvgIpc) is 2.89. The third-order valence-corrected chi connectivity index (χ3v) is 6.54. The molecule has 186 valence electrons. The summed E-state index contributed by atoms with van der Waals surface area (Å²) in [6.45, 7) is 9.55. The van der Waals surface area contributed by atoms with E-state index in [1.165, 1.54) is 11.1 Å². The van der Waals surface area contributed by atoms with Crippen molar-refractivity contribution in [1.82, 2.24) is 14.9 Å². The van der Waals surface area contributed by atoms with E-state index in [9.17, 15) is 5.11 Å². The minimum absolute atomic E-state index is 0.410. The summed E-state index contributed by atoms with van der Waals surface area (Å²) in [6, 6.07) is 20.8. The van der Waals surface area contributed by atoms with Gasteiger partial charge in [0.1, 0.15) is 5.82 Å². The highest BCUT2D eigenvalue weighted by Gasteiger charge is 2.24. The summed E-state index contributed by atoms with van der Waals surface area (Å²) in [7, 11) is 0. The Morgan fingerprint density at radius 2 is 1.63 bits per heavy atom. The van der Waals surface area contributed by atoms with Gasteiger partial charge in [0.15, 0.2) is 5.82 Å². The molecule has 1 saturated heterocycles. The van der Waals surface area contributed by atoms with Crippen LogP contribution in [-0.2, 0) is 11.2 Å². The summed E-state index contributed by atoms with van der Waals surface area (Å²) in [6.07, 6.45) is 2.52. The maximum atomic E-state index is 10.4. The molecule has 6 heteroatoms. The van der Waals surface area contributed by atoms with Gasteiger partial charge in [-0.2, -0.15) is 0 Å². The van der Waals surface area contributed by atoms with E-state index in [1.54, 1.807) is 0 Å². The molecule has 0 aliphatic carbocycles. The van der Waals surface area contributed by atoms with E-state index in [2.05, 4.69) is 66.1 Å². The molecule has 0 radical (unpaired) electrons. The number of aryl methyl sites for hydroxylation is 1. The first kappa shape index (κ1) is 25.3. The molecule has 1 aromatic heterocycles. The van der Waals surface area contributed by atoms with Gasteiger partial charge in [-0.25, -0.2) is 9.97 Å². The fourth-order valence-corrected chi connectivity index (χ4v) is 4.52. The lowest BCUT2D eigenvalue weighted by Crippen LogP contribution is -2.49. The Hall–Kier alpha value is -2.80. The van der Waals surface area contributed by atoms with Crippen LogP contribution in [0.15, 0.2) is 60.7 Å². The number of hydrogen-bond acceptors (Lipinski definition) is 6. The van der Waals surface area contributed by atoms with E-state index in [-0.39, 0.29) is 0 Å². The van der Waals surface area contributed by atoms with Crippen molar-refractivity contribution >= 4 is 5.82 Å². The number of ether oxygens (including phenoxy) is 1. The van der Waals surface area contributed by atoms with Crippen LogP contribution in [0.5, 0.6) is 0 Å². The second-order valence-electron chi connectivity index (χ2n) is 9.33. The van der Waals surface area contributed by atoms with Crippen molar-refractivity contribution in [3.8, 4) is 11.4 Å². The Bertz CT molecular complexity index is 1040. The fraction of sp³-hybridized carbons (Fsp3) is 0.448. The normalized spacial score (nSPS) is 15.3. The molecule has 2 aromatic carbocycles. The first-order chi connectivity index (χ1) is 17.1. The van der Waals surface area contributed by atoms with Crippen molar-refractivity contribution in [3.63, 3.8) is 0 Å². The summed E-state index contributed by atoms with van der Waals surface area (Å²) < 4.78 is 5.60. The Balaban J connectivity index is 1.49. The molecule has 1 fully saturated rings. The van der Waals surface area contributed by atoms with Crippen LogP contribution >= 0.6 is 0 Å². The number of unbranched alkanes of at least 4 members (excludes halogenated alkanes) is 1. The second-order valence-corrected chi connectivity index (χ2v) is 9.33. The number of aromatic nitrogens is 2. The third-order valence-electron chi connectivity index (χ3n) is 6.54. The highest BCUT2D eigenvalue weighted by Crippen LogP contribution is 2.28. The topological polar surface area (TPSA) is 61.7 Å². The summed E-state index contributed by atoms with van der Waals surface area (Å²) in [5, 5.41) is 10.4. The van der Waals surface area contributed by atoms with Crippen molar-refractivity contribution in [3.05, 3.63) is 77.5 Å². The second kappa shape index (κ2) is 12.8. The zero-order valence-electron chi connectivity index (χ0n) is 21.1. The standard InChI is InChI=1S/C29H38N4O2/c1-3-4-19-35-22-26(34)21-32-15-17-33(18-16-32)29-27(20-24-11-7-5-8-12-24)23(2)30-28(31-29)25-13-9-6-10-14-25/h5-14,26,34H,3-4,15-22H2,1-2H3/t26-/m1/s1. The quantitative estimate of drug-likeness (QED) is 0.417. The van der Waals surface area contributed by atoms with Crippen LogP contribution in [0.25, 0.3) is 11.4 Å². The van der Waals surface area contributed by atoms with Gasteiger partial charge < -0.3 is 14.7 Å². The van der Waals surface area contributed by atoms with Gasteiger partial charge in [-0.3, -0.25) is 4.90 Å². The number of benzene rings is 2. The van der Waals surface area contributed by atoms with Crippen LogP contribution in [0.4, 0.5) is 5.82 Å². The van der Waals surface area contributed by atoms with Crippen molar-refractivity contribution in [1.29, 1.82) is 0 Å². The predicted molar refractivity (Wildman–Crippen MR) is 142 cm³/mol. The van der Waals surface area contributed by atoms with Crippen LogP contribution in [0, 0.1) is 6.92 Å². The minimum Gasteiger partial charge on any atom is -0.389 e. The van der Waals surface area contributed by atoms with Gasteiger partial charge in [-0.1, -0.05) is 74.0 Å². The van der Waals surface area contributed by atoms with Crippen molar-refractivity contribution in [2.45, 2.75) is 39.2 Å². The number of nitrogens with zero attached hydrogens (tertiary/aromatic N) is 4. The molecule has 6 nitrogen and oxygen atoms in total. The highest BCUT2D eigenvalue weighted by atomic mass is 16.5.